The van der Waals surface area contributed by atoms with Crippen LogP contribution in [0.25, 0.3) is 22.5 Å². The van der Waals surface area contributed by atoms with Gasteiger partial charge >= 0.3 is 0 Å². The molecule has 0 bridgehead atoms. The fourth-order valence-electron chi connectivity index (χ4n) is 4.57. The van der Waals surface area contributed by atoms with Gasteiger partial charge in [0.15, 0.2) is 0 Å². The van der Waals surface area contributed by atoms with E-state index in [0.717, 1.165) is 5.69 Å². The summed E-state index contributed by atoms with van der Waals surface area (Å²) in [6.07, 6.45) is 2.04. The Kier molecular flexibility index (Phi) is 6.10. The van der Waals surface area contributed by atoms with Crippen molar-refractivity contribution in [1.29, 1.82) is 0 Å². The van der Waals surface area contributed by atoms with Gasteiger partial charge in [-0.3, -0.25) is 4.79 Å². The smallest absolute Gasteiger partial charge is 0.251 e. The summed E-state index contributed by atoms with van der Waals surface area (Å²) in [5.74, 6) is -1.02. The minimum absolute atomic E-state index is 0.0259. The lowest BCUT2D eigenvalue weighted by atomic mass is 9.96. The molecular formula is C26H27F2N5O2. The minimum Gasteiger partial charge on any atom is -0.382 e. The van der Waals surface area contributed by atoms with Crippen LogP contribution >= 0.6 is 0 Å². The molecule has 1 atom stereocenters. The maximum Gasteiger partial charge on any atom is 0.251 e. The number of halogens is 2. The summed E-state index contributed by atoms with van der Waals surface area (Å²) >= 11 is 0. The summed E-state index contributed by atoms with van der Waals surface area (Å²) < 4.78 is 36.0. The van der Waals surface area contributed by atoms with Crippen LogP contribution in [0.5, 0.6) is 0 Å². The van der Waals surface area contributed by atoms with Gasteiger partial charge in [-0.2, -0.15) is 0 Å². The second-order valence-corrected chi connectivity index (χ2v) is 9.25. The van der Waals surface area contributed by atoms with E-state index in [1.165, 1.54) is 18.3 Å². The molecule has 7 nitrogen and oxygen atoms in total. The monoisotopic (exact) mass is 479 g/mol. The zero-order valence-corrected chi connectivity index (χ0v) is 19.6. The van der Waals surface area contributed by atoms with E-state index in [1.807, 2.05) is 6.07 Å². The van der Waals surface area contributed by atoms with E-state index in [1.54, 1.807) is 12.1 Å². The molecule has 2 aliphatic rings. The third kappa shape index (κ3) is 4.43. The Hall–Kier alpha value is -3.59. The first kappa shape index (κ1) is 23.2. The number of nitrogen functional groups attached to an aromatic ring is 1. The molecule has 1 unspecified atom stereocenters. The van der Waals surface area contributed by atoms with Crippen LogP contribution in [-0.2, 0) is 11.2 Å². The van der Waals surface area contributed by atoms with Crippen molar-refractivity contribution in [2.24, 2.45) is 5.92 Å². The molecule has 3 N–H and O–H groups in total. The average Bonchev–Trinajstić information content (AvgIpc) is 2.85. The number of anilines is 2. The number of hydrogen-bond donors (Lipinski definition) is 2. The molecule has 1 aromatic heterocycles. The molecule has 1 amide bonds. The lowest BCUT2D eigenvalue weighted by Gasteiger charge is -2.36. The number of aromatic nitrogens is 2. The first-order valence-corrected chi connectivity index (χ1v) is 11.7. The van der Waals surface area contributed by atoms with Gasteiger partial charge in [0.2, 0.25) is 0 Å². The van der Waals surface area contributed by atoms with Crippen LogP contribution in [0.4, 0.5) is 20.3 Å². The number of fused-ring (bicyclic) bond motifs is 1. The molecular weight excluding hydrogens is 452 g/mol. The van der Waals surface area contributed by atoms with Gasteiger partial charge in [-0.1, -0.05) is 13.8 Å². The standard InChI is InChI=1S/C26H27F2N5O2/c1-14(2)23-13-33(7-8-35-23)16-3-4-17(20(27)10-16)22-12-31-25(29)24(32-22)19-9-15-5-6-30-26(34)18(15)11-21(19)28/h3-4,9-12,14,23H,5-8,13H2,1-2H3,(H2,29,31)(H,30,34). The quantitative estimate of drug-likeness (QED) is 0.591. The summed E-state index contributed by atoms with van der Waals surface area (Å²) in [4.78, 5) is 22.8. The van der Waals surface area contributed by atoms with Crippen LogP contribution in [0.15, 0.2) is 36.5 Å². The molecule has 0 saturated carbocycles. The highest BCUT2D eigenvalue weighted by atomic mass is 19.1. The Morgan fingerprint density at radius 2 is 1.94 bits per heavy atom. The van der Waals surface area contributed by atoms with Crippen molar-refractivity contribution in [2.75, 3.05) is 36.9 Å². The van der Waals surface area contributed by atoms with Crippen molar-refractivity contribution >= 4 is 17.4 Å². The largest absolute Gasteiger partial charge is 0.382 e. The van der Waals surface area contributed by atoms with E-state index >= 15 is 4.39 Å². The first-order valence-electron chi connectivity index (χ1n) is 11.7. The Balaban J connectivity index is 1.48. The number of carbonyl (C=O) groups is 1. The molecule has 9 heteroatoms. The van der Waals surface area contributed by atoms with Crippen molar-refractivity contribution in [3.63, 3.8) is 0 Å². The fraction of sp³-hybridized carbons (Fsp3) is 0.346. The predicted molar refractivity (Wildman–Crippen MR) is 130 cm³/mol. The molecule has 2 aliphatic heterocycles. The summed E-state index contributed by atoms with van der Waals surface area (Å²) in [6.45, 7) is 6.65. The predicted octanol–water partition coefficient (Wildman–Crippen LogP) is 3.82. The molecule has 0 spiro atoms. The summed E-state index contributed by atoms with van der Waals surface area (Å²) in [6, 6.07) is 7.75. The third-order valence-corrected chi connectivity index (χ3v) is 6.60. The highest BCUT2D eigenvalue weighted by Gasteiger charge is 2.25. The Labute approximate surface area is 202 Å². The van der Waals surface area contributed by atoms with Gasteiger partial charge in [0.25, 0.3) is 5.91 Å². The zero-order chi connectivity index (χ0) is 24.7. The number of nitrogens with two attached hydrogens (primary N) is 1. The summed E-state index contributed by atoms with van der Waals surface area (Å²) in [7, 11) is 0. The Morgan fingerprint density at radius 3 is 2.71 bits per heavy atom. The molecule has 182 valence electrons. The SMILES string of the molecule is CC(C)C1CN(c2ccc(-c3cnc(N)c(-c4cc5c(cc4F)C(=O)NCC5)n3)c(F)c2)CCO1. The van der Waals surface area contributed by atoms with Crippen molar-refractivity contribution in [3.05, 3.63) is 59.3 Å². The van der Waals surface area contributed by atoms with Crippen LogP contribution in [-0.4, -0.2) is 48.2 Å². The molecule has 35 heavy (non-hydrogen) atoms. The van der Waals surface area contributed by atoms with E-state index < -0.39 is 11.6 Å². The molecule has 3 heterocycles. The van der Waals surface area contributed by atoms with Gasteiger partial charge in [0, 0.05) is 42.0 Å². The number of morpholine rings is 1. The lowest BCUT2D eigenvalue weighted by molar-refractivity contribution is 0.0114. The summed E-state index contributed by atoms with van der Waals surface area (Å²) in [5.41, 5.74) is 8.55. The van der Waals surface area contributed by atoms with Crippen molar-refractivity contribution in [2.45, 2.75) is 26.4 Å². The number of nitrogens with one attached hydrogen (secondary N) is 1. The maximum atomic E-state index is 15.3. The minimum atomic E-state index is -0.637. The normalized spacial score (nSPS) is 17.9. The number of benzene rings is 2. The zero-order valence-electron chi connectivity index (χ0n) is 19.6. The molecule has 1 saturated heterocycles. The lowest BCUT2D eigenvalue weighted by Crippen LogP contribution is -2.44. The number of nitrogens with zero attached hydrogens (tertiary/aromatic N) is 3. The average molecular weight is 480 g/mol. The number of ether oxygens (including phenoxy) is 1. The molecule has 2 aromatic carbocycles. The van der Waals surface area contributed by atoms with Crippen LogP contribution in [0.1, 0.15) is 29.8 Å². The number of rotatable bonds is 4. The molecule has 3 aromatic rings. The molecule has 0 radical (unpaired) electrons. The van der Waals surface area contributed by atoms with E-state index in [9.17, 15) is 9.18 Å². The fourth-order valence-corrected chi connectivity index (χ4v) is 4.57. The van der Waals surface area contributed by atoms with Crippen LogP contribution in [0.2, 0.25) is 0 Å². The van der Waals surface area contributed by atoms with Crippen LogP contribution in [0, 0.1) is 17.6 Å². The van der Waals surface area contributed by atoms with Gasteiger partial charge < -0.3 is 20.7 Å². The van der Waals surface area contributed by atoms with E-state index in [-0.39, 0.29) is 40.3 Å². The number of hydrogen-bond acceptors (Lipinski definition) is 6. The van der Waals surface area contributed by atoms with Crippen molar-refractivity contribution in [1.82, 2.24) is 15.3 Å². The van der Waals surface area contributed by atoms with Gasteiger partial charge in [0.1, 0.15) is 23.1 Å². The second kappa shape index (κ2) is 9.22. The molecule has 1 fully saturated rings. The Morgan fingerprint density at radius 1 is 1.14 bits per heavy atom. The van der Waals surface area contributed by atoms with Gasteiger partial charge in [-0.25, -0.2) is 18.7 Å². The third-order valence-electron chi connectivity index (χ3n) is 6.60. The van der Waals surface area contributed by atoms with Crippen molar-refractivity contribution < 1.29 is 18.3 Å². The highest BCUT2D eigenvalue weighted by Crippen LogP contribution is 2.33. The molecule has 0 aliphatic carbocycles. The van der Waals surface area contributed by atoms with Gasteiger partial charge in [0.05, 0.1) is 24.6 Å². The number of amides is 1. The van der Waals surface area contributed by atoms with Crippen LogP contribution < -0.4 is 16.0 Å². The van der Waals surface area contributed by atoms with Gasteiger partial charge in [-0.15, -0.1) is 0 Å². The van der Waals surface area contributed by atoms with Crippen molar-refractivity contribution in [3.8, 4) is 22.5 Å². The number of carbonyl (C=O) groups excluding carboxylic acids is 1. The van der Waals surface area contributed by atoms with E-state index in [0.29, 0.717) is 49.7 Å². The van der Waals surface area contributed by atoms with E-state index in [4.69, 9.17) is 10.5 Å². The maximum absolute atomic E-state index is 15.3. The Bertz CT molecular complexity index is 1300. The van der Waals surface area contributed by atoms with Gasteiger partial charge in [-0.05, 0) is 48.2 Å². The van der Waals surface area contributed by atoms with E-state index in [2.05, 4.69) is 34.0 Å². The topological polar surface area (TPSA) is 93.4 Å². The highest BCUT2D eigenvalue weighted by molar-refractivity contribution is 5.97. The summed E-state index contributed by atoms with van der Waals surface area (Å²) in [5, 5.41) is 2.70. The second-order valence-electron chi connectivity index (χ2n) is 9.25. The first-order chi connectivity index (χ1) is 16.8. The van der Waals surface area contributed by atoms with Crippen LogP contribution in [0.3, 0.4) is 0 Å². The molecule has 5 rings (SSSR count).